The molecule has 0 aliphatic carbocycles. The van der Waals surface area contributed by atoms with E-state index in [0.29, 0.717) is 5.56 Å². The van der Waals surface area contributed by atoms with Crippen LogP contribution in [0.3, 0.4) is 0 Å². The molecule has 1 aliphatic heterocycles. The van der Waals surface area contributed by atoms with Crippen LogP contribution in [0, 0.1) is 0 Å². The van der Waals surface area contributed by atoms with Gasteiger partial charge in [0.1, 0.15) is 0 Å². The molecule has 0 unspecified atom stereocenters. The van der Waals surface area contributed by atoms with Crippen LogP contribution in [-0.2, 0) is 25.2 Å². The van der Waals surface area contributed by atoms with Crippen LogP contribution in [0.2, 0.25) is 0 Å². The van der Waals surface area contributed by atoms with Crippen LogP contribution >= 0.6 is 10.7 Å². The van der Waals surface area contributed by atoms with E-state index in [0.717, 1.165) is 4.90 Å². The molecule has 0 bridgehead atoms. The molecule has 0 saturated heterocycles. The SMILES string of the molecule is O=C1C=CC(=O)N1Cc1cccc(S(=O)(=O)Cl)c1. The largest absolute Gasteiger partial charge is 0.271 e. The topological polar surface area (TPSA) is 71.5 Å². The first-order valence-corrected chi connectivity index (χ1v) is 7.26. The Bertz CT molecular complexity index is 633. The van der Waals surface area contributed by atoms with Crippen LogP contribution in [0.1, 0.15) is 5.56 Å². The molecular weight excluding hydrogens is 278 g/mol. The number of rotatable bonds is 3. The number of imide groups is 1. The highest BCUT2D eigenvalue weighted by Gasteiger charge is 2.23. The zero-order chi connectivity index (χ0) is 13.3. The summed E-state index contributed by atoms with van der Waals surface area (Å²) in [6.07, 6.45) is 2.34. The van der Waals surface area contributed by atoms with Gasteiger partial charge in [-0.15, -0.1) is 0 Å². The quantitative estimate of drug-likeness (QED) is 0.614. The van der Waals surface area contributed by atoms with Gasteiger partial charge in [0.15, 0.2) is 0 Å². The molecule has 1 aromatic carbocycles. The predicted molar refractivity (Wildman–Crippen MR) is 64.2 cm³/mol. The molecule has 5 nitrogen and oxygen atoms in total. The van der Waals surface area contributed by atoms with E-state index in [1.165, 1.54) is 30.4 Å². The zero-order valence-electron chi connectivity index (χ0n) is 9.04. The molecule has 1 heterocycles. The maximum absolute atomic E-state index is 11.3. The third-order valence-corrected chi connectivity index (χ3v) is 3.77. The Hall–Kier alpha value is -1.66. The Balaban J connectivity index is 2.26. The molecule has 0 aromatic heterocycles. The van der Waals surface area contributed by atoms with E-state index < -0.39 is 20.9 Å². The van der Waals surface area contributed by atoms with Crippen molar-refractivity contribution in [2.75, 3.05) is 0 Å². The summed E-state index contributed by atoms with van der Waals surface area (Å²) in [5, 5.41) is 0. The Labute approximate surface area is 108 Å². The lowest BCUT2D eigenvalue weighted by atomic mass is 10.2. The highest BCUT2D eigenvalue weighted by atomic mass is 35.7. The number of hydrogen-bond donors (Lipinski definition) is 0. The fraction of sp³-hybridized carbons (Fsp3) is 0.0909. The summed E-state index contributed by atoms with van der Waals surface area (Å²) in [6, 6.07) is 5.80. The monoisotopic (exact) mass is 285 g/mol. The van der Waals surface area contributed by atoms with Crippen molar-refractivity contribution in [2.24, 2.45) is 0 Å². The van der Waals surface area contributed by atoms with Gasteiger partial charge in [-0.1, -0.05) is 12.1 Å². The first-order valence-electron chi connectivity index (χ1n) is 4.95. The van der Waals surface area contributed by atoms with E-state index in [2.05, 4.69) is 0 Å². The molecule has 1 aromatic rings. The van der Waals surface area contributed by atoms with Gasteiger partial charge >= 0.3 is 0 Å². The smallest absolute Gasteiger partial charge is 0.261 e. The van der Waals surface area contributed by atoms with Gasteiger partial charge in [-0.2, -0.15) is 0 Å². The fourth-order valence-corrected chi connectivity index (χ4v) is 2.39. The minimum atomic E-state index is -3.82. The molecule has 0 atom stereocenters. The molecule has 94 valence electrons. The molecule has 0 spiro atoms. The van der Waals surface area contributed by atoms with Crippen LogP contribution in [0.15, 0.2) is 41.3 Å². The lowest BCUT2D eigenvalue weighted by Crippen LogP contribution is -2.29. The predicted octanol–water partition coefficient (Wildman–Crippen LogP) is 1.04. The van der Waals surface area contributed by atoms with Crippen molar-refractivity contribution >= 4 is 31.5 Å². The van der Waals surface area contributed by atoms with Gasteiger partial charge in [0.25, 0.3) is 20.9 Å². The van der Waals surface area contributed by atoms with E-state index in [1.807, 2.05) is 0 Å². The van der Waals surface area contributed by atoms with E-state index in [9.17, 15) is 18.0 Å². The standard InChI is InChI=1S/C11H8ClNO4S/c12-18(16,17)9-3-1-2-8(6-9)7-13-10(14)4-5-11(13)15/h1-6H,7H2. The van der Waals surface area contributed by atoms with Crippen molar-refractivity contribution in [2.45, 2.75) is 11.4 Å². The number of amides is 2. The first-order chi connectivity index (χ1) is 8.38. The third kappa shape index (κ3) is 2.60. The second kappa shape index (κ2) is 4.55. The van der Waals surface area contributed by atoms with Crippen LogP contribution in [0.25, 0.3) is 0 Å². The molecular formula is C11H8ClNO4S. The summed E-state index contributed by atoms with van der Waals surface area (Å²) in [5.74, 6) is -0.835. The summed E-state index contributed by atoms with van der Waals surface area (Å²) in [7, 11) is 1.40. The Morgan fingerprint density at radius 3 is 2.28 bits per heavy atom. The van der Waals surface area contributed by atoms with Crippen molar-refractivity contribution in [3.8, 4) is 0 Å². The highest BCUT2D eigenvalue weighted by Crippen LogP contribution is 2.18. The average molecular weight is 286 g/mol. The van der Waals surface area contributed by atoms with E-state index in [1.54, 1.807) is 6.07 Å². The van der Waals surface area contributed by atoms with Crippen LogP contribution in [0.5, 0.6) is 0 Å². The number of hydrogen-bond acceptors (Lipinski definition) is 4. The number of nitrogens with zero attached hydrogens (tertiary/aromatic N) is 1. The molecule has 0 radical (unpaired) electrons. The Kier molecular flexibility index (Phi) is 3.23. The van der Waals surface area contributed by atoms with Gasteiger partial charge < -0.3 is 0 Å². The molecule has 0 saturated carbocycles. The van der Waals surface area contributed by atoms with Crippen molar-refractivity contribution < 1.29 is 18.0 Å². The van der Waals surface area contributed by atoms with Crippen molar-refractivity contribution in [3.05, 3.63) is 42.0 Å². The number of carbonyl (C=O) groups excluding carboxylic acids is 2. The average Bonchev–Trinajstić information content (AvgIpc) is 2.60. The third-order valence-electron chi connectivity index (χ3n) is 2.42. The van der Waals surface area contributed by atoms with Crippen LogP contribution in [0.4, 0.5) is 0 Å². The molecule has 18 heavy (non-hydrogen) atoms. The van der Waals surface area contributed by atoms with Gasteiger partial charge in [-0.25, -0.2) is 8.42 Å². The van der Waals surface area contributed by atoms with Crippen molar-refractivity contribution in [1.82, 2.24) is 4.90 Å². The zero-order valence-corrected chi connectivity index (χ0v) is 10.6. The second-order valence-corrected chi connectivity index (χ2v) is 6.25. The number of benzene rings is 1. The lowest BCUT2D eigenvalue weighted by molar-refractivity contribution is -0.137. The van der Waals surface area contributed by atoms with Gasteiger partial charge in [-0.05, 0) is 17.7 Å². The molecule has 0 fully saturated rings. The number of carbonyl (C=O) groups is 2. The summed E-state index contributed by atoms with van der Waals surface area (Å²) in [4.78, 5) is 23.6. The van der Waals surface area contributed by atoms with E-state index >= 15 is 0 Å². The molecule has 7 heteroatoms. The second-order valence-electron chi connectivity index (χ2n) is 3.68. The Morgan fingerprint density at radius 1 is 1.11 bits per heavy atom. The first kappa shape index (κ1) is 12.8. The molecule has 1 aliphatic rings. The summed E-state index contributed by atoms with van der Waals surface area (Å²) >= 11 is 0. The normalized spacial score (nSPS) is 15.5. The minimum absolute atomic E-state index is 0.0188. The lowest BCUT2D eigenvalue weighted by Gasteiger charge is -2.13. The van der Waals surface area contributed by atoms with Crippen molar-refractivity contribution in [1.29, 1.82) is 0 Å². The van der Waals surface area contributed by atoms with Crippen LogP contribution in [-0.4, -0.2) is 25.1 Å². The summed E-state index contributed by atoms with van der Waals surface area (Å²) in [6.45, 7) is 0.0188. The number of halogens is 1. The van der Waals surface area contributed by atoms with E-state index in [-0.39, 0.29) is 11.4 Å². The van der Waals surface area contributed by atoms with E-state index in [4.69, 9.17) is 10.7 Å². The molecule has 2 amide bonds. The van der Waals surface area contributed by atoms with Gasteiger partial charge in [0.2, 0.25) is 0 Å². The van der Waals surface area contributed by atoms with Gasteiger partial charge in [0.05, 0.1) is 11.4 Å². The minimum Gasteiger partial charge on any atom is -0.271 e. The maximum Gasteiger partial charge on any atom is 0.261 e. The highest BCUT2D eigenvalue weighted by molar-refractivity contribution is 8.13. The Morgan fingerprint density at radius 2 is 1.72 bits per heavy atom. The maximum atomic E-state index is 11.3. The molecule has 2 rings (SSSR count). The van der Waals surface area contributed by atoms with Crippen LogP contribution < -0.4 is 0 Å². The summed E-state index contributed by atoms with van der Waals surface area (Å²) < 4.78 is 22.3. The van der Waals surface area contributed by atoms with Gasteiger partial charge in [-0.3, -0.25) is 14.5 Å². The summed E-state index contributed by atoms with van der Waals surface area (Å²) in [5.41, 5.74) is 0.516. The van der Waals surface area contributed by atoms with Gasteiger partial charge in [0, 0.05) is 22.8 Å². The molecule has 0 N–H and O–H groups in total. The fourth-order valence-electron chi connectivity index (χ4n) is 1.57. The van der Waals surface area contributed by atoms with Crippen molar-refractivity contribution in [3.63, 3.8) is 0 Å².